The first-order chi connectivity index (χ1) is 10.0. The first kappa shape index (κ1) is 15.3. The van der Waals surface area contributed by atoms with E-state index in [1.165, 1.54) is 6.07 Å². The normalized spacial score (nSPS) is 12.0. The van der Waals surface area contributed by atoms with E-state index in [4.69, 9.17) is 15.2 Å². The summed E-state index contributed by atoms with van der Waals surface area (Å²) < 4.78 is 36.5. The first-order valence-corrected chi connectivity index (χ1v) is 6.46. The third-order valence-electron chi connectivity index (χ3n) is 3.28. The van der Waals surface area contributed by atoms with Crippen LogP contribution in [0, 0.1) is 11.6 Å². The minimum Gasteiger partial charge on any atom is -0.493 e. The van der Waals surface area contributed by atoms with Gasteiger partial charge in [0.1, 0.15) is 0 Å². The Bertz CT molecular complexity index is 632. The van der Waals surface area contributed by atoms with Crippen LogP contribution in [0.2, 0.25) is 0 Å². The SMILES string of the molecule is COc1ccc(CC(N)c2ccc(F)c(F)c2)cc1OC. The highest BCUT2D eigenvalue weighted by Gasteiger charge is 2.12. The lowest BCUT2D eigenvalue weighted by Crippen LogP contribution is -2.14. The van der Waals surface area contributed by atoms with E-state index in [0.717, 1.165) is 17.7 Å². The second kappa shape index (κ2) is 6.54. The summed E-state index contributed by atoms with van der Waals surface area (Å²) in [5.41, 5.74) is 7.51. The van der Waals surface area contributed by atoms with E-state index in [2.05, 4.69) is 0 Å². The van der Waals surface area contributed by atoms with Gasteiger partial charge in [0.15, 0.2) is 23.1 Å². The summed E-state index contributed by atoms with van der Waals surface area (Å²) in [7, 11) is 3.11. The molecule has 2 N–H and O–H groups in total. The van der Waals surface area contributed by atoms with Gasteiger partial charge in [-0.25, -0.2) is 8.78 Å². The van der Waals surface area contributed by atoms with Crippen LogP contribution in [0.5, 0.6) is 11.5 Å². The van der Waals surface area contributed by atoms with E-state index in [9.17, 15) is 8.78 Å². The fourth-order valence-electron chi connectivity index (χ4n) is 2.12. The van der Waals surface area contributed by atoms with E-state index in [-0.39, 0.29) is 0 Å². The van der Waals surface area contributed by atoms with E-state index in [1.807, 2.05) is 12.1 Å². The zero-order valence-corrected chi connectivity index (χ0v) is 11.9. The van der Waals surface area contributed by atoms with Gasteiger partial charge in [0.25, 0.3) is 0 Å². The molecule has 3 nitrogen and oxygen atoms in total. The van der Waals surface area contributed by atoms with Gasteiger partial charge in [-0.1, -0.05) is 12.1 Å². The van der Waals surface area contributed by atoms with Crippen molar-refractivity contribution in [3.05, 3.63) is 59.2 Å². The number of hydrogen-bond acceptors (Lipinski definition) is 3. The summed E-state index contributed by atoms with van der Waals surface area (Å²) in [6, 6.07) is 8.73. The van der Waals surface area contributed by atoms with Gasteiger partial charge in [0.2, 0.25) is 0 Å². The molecular weight excluding hydrogens is 276 g/mol. The number of halogens is 2. The molecule has 0 aliphatic rings. The molecule has 21 heavy (non-hydrogen) atoms. The van der Waals surface area contributed by atoms with Crippen LogP contribution >= 0.6 is 0 Å². The molecule has 0 heterocycles. The molecule has 2 rings (SSSR count). The Balaban J connectivity index is 2.18. The maximum absolute atomic E-state index is 13.2. The molecule has 0 aliphatic carbocycles. The summed E-state index contributed by atoms with van der Waals surface area (Å²) in [4.78, 5) is 0. The Morgan fingerprint density at radius 1 is 0.952 bits per heavy atom. The molecule has 0 saturated carbocycles. The van der Waals surface area contributed by atoms with Crippen LogP contribution in [0.15, 0.2) is 36.4 Å². The number of hydrogen-bond donors (Lipinski definition) is 1. The fourth-order valence-corrected chi connectivity index (χ4v) is 2.12. The van der Waals surface area contributed by atoms with Crippen molar-refractivity contribution in [3.63, 3.8) is 0 Å². The Kier molecular flexibility index (Phi) is 4.75. The largest absolute Gasteiger partial charge is 0.493 e. The quantitative estimate of drug-likeness (QED) is 0.920. The zero-order valence-electron chi connectivity index (χ0n) is 11.9. The Morgan fingerprint density at radius 3 is 2.29 bits per heavy atom. The summed E-state index contributed by atoms with van der Waals surface area (Å²) in [6.07, 6.45) is 0.478. The van der Waals surface area contributed by atoms with Crippen LogP contribution in [0.25, 0.3) is 0 Å². The van der Waals surface area contributed by atoms with Crippen LogP contribution < -0.4 is 15.2 Å². The predicted molar refractivity (Wildman–Crippen MR) is 76.5 cm³/mol. The van der Waals surface area contributed by atoms with Gasteiger partial charge in [-0.2, -0.15) is 0 Å². The molecule has 0 aliphatic heterocycles. The zero-order chi connectivity index (χ0) is 15.4. The average molecular weight is 293 g/mol. The highest BCUT2D eigenvalue weighted by atomic mass is 19.2. The molecule has 2 aromatic rings. The molecule has 0 aromatic heterocycles. The van der Waals surface area contributed by atoms with Crippen molar-refractivity contribution in [2.24, 2.45) is 5.73 Å². The second-order valence-electron chi connectivity index (χ2n) is 4.67. The summed E-state index contributed by atoms with van der Waals surface area (Å²) in [5, 5.41) is 0. The van der Waals surface area contributed by atoms with Crippen LogP contribution in [-0.2, 0) is 6.42 Å². The van der Waals surface area contributed by atoms with Gasteiger partial charge >= 0.3 is 0 Å². The molecule has 2 aromatic carbocycles. The van der Waals surface area contributed by atoms with E-state index in [1.54, 1.807) is 20.3 Å². The van der Waals surface area contributed by atoms with Gasteiger partial charge in [-0.3, -0.25) is 0 Å². The Hall–Kier alpha value is -2.14. The highest BCUT2D eigenvalue weighted by Crippen LogP contribution is 2.29. The molecule has 5 heteroatoms. The summed E-state index contributed by atoms with van der Waals surface area (Å²) in [5.74, 6) is -0.539. The molecule has 112 valence electrons. The van der Waals surface area contributed by atoms with E-state index < -0.39 is 17.7 Å². The number of methoxy groups -OCH3 is 2. The van der Waals surface area contributed by atoms with Crippen molar-refractivity contribution in [2.75, 3.05) is 14.2 Å². The molecule has 0 spiro atoms. The summed E-state index contributed by atoms with van der Waals surface area (Å²) in [6.45, 7) is 0. The first-order valence-electron chi connectivity index (χ1n) is 6.46. The van der Waals surface area contributed by atoms with Crippen molar-refractivity contribution in [2.45, 2.75) is 12.5 Å². The van der Waals surface area contributed by atoms with Gasteiger partial charge in [-0.15, -0.1) is 0 Å². The monoisotopic (exact) mass is 293 g/mol. The lowest BCUT2D eigenvalue weighted by Gasteiger charge is -2.14. The Morgan fingerprint density at radius 2 is 1.67 bits per heavy atom. The third kappa shape index (κ3) is 3.49. The van der Waals surface area contributed by atoms with Crippen molar-refractivity contribution in [1.29, 1.82) is 0 Å². The topological polar surface area (TPSA) is 44.5 Å². The van der Waals surface area contributed by atoms with Crippen molar-refractivity contribution in [3.8, 4) is 11.5 Å². The average Bonchev–Trinajstić information content (AvgIpc) is 2.49. The number of ether oxygens (including phenoxy) is 2. The lowest BCUT2D eigenvalue weighted by molar-refractivity contribution is 0.354. The smallest absolute Gasteiger partial charge is 0.160 e. The van der Waals surface area contributed by atoms with Crippen LogP contribution in [-0.4, -0.2) is 14.2 Å². The minimum absolute atomic E-state index is 0.432. The Labute approximate surface area is 122 Å². The molecule has 0 bridgehead atoms. The molecule has 1 unspecified atom stereocenters. The fraction of sp³-hybridized carbons (Fsp3) is 0.250. The maximum atomic E-state index is 13.2. The number of rotatable bonds is 5. The minimum atomic E-state index is -0.893. The summed E-state index contributed by atoms with van der Waals surface area (Å²) >= 11 is 0. The second-order valence-corrected chi connectivity index (χ2v) is 4.67. The number of nitrogens with two attached hydrogens (primary N) is 1. The molecule has 0 saturated heterocycles. The molecule has 0 radical (unpaired) electrons. The molecular formula is C16H17F2NO2. The van der Waals surface area contributed by atoms with Crippen LogP contribution in [0.1, 0.15) is 17.2 Å². The van der Waals surface area contributed by atoms with Gasteiger partial charge < -0.3 is 15.2 Å². The van der Waals surface area contributed by atoms with Crippen molar-refractivity contribution < 1.29 is 18.3 Å². The predicted octanol–water partition coefficient (Wildman–Crippen LogP) is 3.22. The van der Waals surface area contributed by atoms with E-state index >= 15 is 0 Å². The van der Waals surface area contributed by atoms with Crippen molar-refractivity contribution in [1.82, 2.24) is 0 Å². The van der Waals surface area contributed by atoms with Crippen LogP contribution in [0.3, 0.4) is 0 Å². The molecule has 0 amide bonds. The van der Waals surface area contributed by atoms with Gasteiger partial charge in [0, 0.05) is 6.04 Å². The van der Waals surface area contributed by atoms with E-state index in [0.29, 0.717) is 23.5 Å². The third-order valence-corrected chi connectivity index (χ3v) is 3.28. The van der Waals surface area contributed by atoms with Gasteiger partial charge in [-0.05, 0) is 41.8 Å². The molecule has 0 fully saturated rings. The number of benzene rings is 2. The van der Waals surface area contributed by atoms with Crippen molar-refractivity contribution >= 4 is 0 Å². The van der Waals surface area contributed by atoms with Crippen LogP contribution in [0.4, 0.5) is 8.78 Å². The lowest BCUT2D eigenvalue weighted by atomic mass is 9.99. The highest BCUT2D eigenvalue weighted by molar-refractivity contribution is 5.43. The standard InChI is InChI=1S/C16H17F2NO2/c1-20-15-6-3-10(8-16(15)21-2)7-14(19)11-4-5-12(17)13(18)9-11/h3-6,8-9,14H,7,19H2,1-2H3. The maximum Gasteiger partial charge on any atom is 0.160 e. The van der Waals surface area contributed by atoms with Gasteiger partial charge in [0.05, 0.1) is 14.2 Å². The molecule has 1 atom stereocenters.